The Labute approximate surface area is 136 Å². The Hall–Kier alpha value is -1.85. The van der Waals surface area contributed by atoms with Crippen molar-refractivity contribution in [1.29, 1.82) is 0 Å². The number of nitrogens with one attached hydrogen (secondary N) is 2. The summed E-state index contributed by atoms with van der Waals surface area (Å²) in [6.45, 7) is 5.65. The predicted molar refractivity (Wildman–Crippen MR) is 93.2 cm³/mol. The molecule has 0 radical (unpaired) electrons. The van der Waals surface area contributed by atoms with Gasteiger partial charge in [-0.05, 0) is 23.9 Å². The maximum Gasteiger partial charge on any atom is 0.191 e. The van der Waals surface area contributed by atoms with Gasteiger partial charge in [-0.3, -0.25) is 0 Å². The summed E-state index contributed by atoms with van der Waals surface area (Å²) in [5, 5.41) is 8.60. The van der Waals surface area contributed by atoms with Gasteiger partial charge in [0.05, 0.1) is 19.8 Å². The summed E-state index contributed by atoms with van der Waals surface area (Å²) in [5.74, 6) is 0.833. The summed E-state index contributed by atoms with van der Waals surface area (Å²) in [5.41, 5.74) is 1.20. The number of hydrogen-bond donors (Lipinski definition) is 2. The Morgan fingerprint density at radius 2 is 2.00 bits per heavy atom. The number of benzene rings is 1. The van der Waals surface area contributed by atoms with Crippen LogP contribution >= 0.6 is 11.3 Å². The summed E-state index contributed by atoms with van der Waals surface area (Å²) in [4.78, 5) is 5.82. The third-order valence-corrected chi connectivity index (χ3v) is 3.83. The number of nitrogens with zero attached hydrogens (tertiary/aromatic N) is 1. The van der Waals surface area contributed by atoms with Crippen molar-refractivity contribution >= 4 is 17.3 Å². The highest BCUT2D eigenvalue weighted by Crippen LogP contribution is 2.09. The first-order valence-electron chi connectivity index (χ1n) is 7.54. The number of ether oxygens (including phenoxy) is 1. The molecular weight excluding hydrogens is 294 g/mol. The maximum atomic E-state index is 5.66. The third kappa shape index (κ3) is 6.28. The molecule has 0 saturated carbocycles. The van der Waals surface area contributed by atoms with E-state index in [0.717, 1.165) is 19.0 Å². The van der Waals surface area contributed by atoms with Gasteiger partial charge in [0.2, 0.25) is 0 Å². The van der Waals surface area contributed by atoms with E-state index in [-0.39, 0.29) is 0 Å². The molecule has 22 heavy (non-hydrogen) atoms. The van der Waals surface area contributed by atoms with Crippen molar-refractivity contribution in [3.63, 3.8) is 0 Å². The van der Waals surface area contributed by atoms with E-state index in [2.05, 4.69) is 46.1 Å². The number of thiophene rings is 1. The lowest BCUT2D eigenvalue weighted by Crippen LogP contribution is -2.38. The fourth-order valence-electron chi connectivity index (χ4n) is 1.91. The topological polar surface area (TPSA) is 45.7 Å². The van der Waals surface area contributed by atoms with Crippen LogP contribution in [0.3, 0.4) is 0 Å². The SMILES string of the molecule is CCNC(=NCc1cccs1)NCCOCc1ccccc1. The Morgan fingerprint density at radius 1 is 1.14 bits per heavy atom. The van der Waals surface area contributed by atoms with Crippen LogP contribution in [0.4, 0.5) is 0 Å². The van der Waals surface area contributed by atoms with Gasteiger partial charge in [-0.2, -0.15) is 0 Å². The second kappa shape index (κ2) is 9.97. The highest BCUT2D eigenvalue weighted by atomic mass is 32.1. The summed E-state index contributed by atoms with van der Waals surface area (Å²) < 4.78 is 5.66. The normalized spacial score (nSPS) is 11.4. The van der Waals surface area contributed by atoms with E-state index >= 15 is 0 Å². The number of aliphatic imine (C=N–C) groups is 1. The van der Waals surface area contributed by atoms with Crippen molar-refractivity contribution in [2.24, 2.45) is 4.99 Å². The van der Waals surface area contributed by atoms with Gasteiger partial charge in [0.25, 0.3) is 0 Å². The molecule has 0 atom stereocenters. The lowest BCUT2D eigenvalue weighted by atomic mass is 10.2. The van der Waals surface area contributed by atoms with Crippen LogP contribution in [-0.4, -0.2) is 25.7 Å². The third-order valence-electron chi connectivity index (χ3n) is 2.97. The molecule has 5 heteroatoms. The van der Waals surface area contributed by atoms with Gasteiger partial charge in [0, 0.05) is 18.0 Å². The van der Waals surface area contributed by atoms with E-state index in [1.807, 2.05) is 24.3 Å². The molecule has 2 rings (SSSR count). The van der Waals surface area contributed by atoms with Gasteiger partial charge < -0.3 is 15.4 Å². The molecule has 4 nitrogen and oxygen atoms in total. The molecule has 0 aliphatic heterocycles. The van der Waals surface area contributed by atoms with Gasteiger partial charge in [0.15, 0.2) is 5.96 Å². The first-order chi connectivity index (χ1) is 10.9. The van der Waals surface area contributed by atoms with Crippen LogP contribution < -0.4 is 10.6 Å². The predicted octanol–water partition coefficient (Wildman–Crippen LogP) is 3.02. The Morgan fingerprint density at radius 3 is 2.73 bits per heavy atom. The zero-order chi connectivity index (χ0) is 15.5. The standard InChI is InChI=1S/C17H23N3OS/c1-2-18-17(20-13-16-9-6-12-22-16)19-10-11-21-14-15-7-4-3-5-8-15/h3-9,12H,2,10-11,13-14H2,1H3,(H2,18,19,20). The van der Waals surface area contributed by atoms with E-state index < -0.39 is 0 Å². The number of rotatable bonds is 8. The van der Waals surface area contributed by atoms with Gasteiger partial charge in [0.1, 0.15) is 0 Å². The molecule has 2 aromatic rings. The van der Waals surface area contributed by atoms with Crippen LogP contribution in [0.2, 0.25) is 0 Å². The monoisotopic (exact) mass is 317 g/mol. The molecular formula is C17H23N3OS. The highest BCUT2D eigenvalue weighted by Gasteiger charge is 1.98. The summed E-state index contributed by atoms with van der Waals surface area (Å²) in [7, 11) is 0. The van der Waals surface area contributed by atoms with E-state index in [1.54, 1.807) is 11.3 Å². The van der Waals surface area contributed by atoms with Gasteiger partial charge in [-0.1, -0.05) is 36.4 Å². The minimum absolute atomic E-state index is 0.644. The van der Waals surface area contributed by atoms with Gasteiger partial charge in [-0.25, -0.2) is 4.99 Å². The van der Waals surface area contributed by atoms with E-state index in [0.29, 0.717) is 19.8 Å². The molecule has 0 fully saturated rings. The van der Waals surface area contributed by atoms with E-state index in [1.165, 1.54) is 10.4 Å². The molecule has 0 spiro atoms. The molecule has 1 heterocycles. The molecule has 1 aromatic heterocycles. The first kappa shape index (κ1) is 16.5. The van der Waals surface area contributed by atoms with Crippen LogP contribution in [0.1, 0.15) is 17.4 Å². The number of hydrogen-bond acceptors (Lipinski definition) is 3. The van der Waals surface area contributed by atoms with Gasteiger partial charge in [-0.15, -0.1) is 11.3 Å². The fourth-order valence-corrected chi connectivity index (χ4v) is 2.54. The summed E-state index contributed by atoms with van der Waals surface area (Å²) >= 11 is 1.73. The van der Waals surface area contributed by atoms with Crippen LogP contribution in [-0.2, 0) is 17.9 Å². The highest BCUT2D eigenvalue weighted by molar-refractivity contribution is 7.09. The zero-order valence-corrected chi connectivity index (χ0v) is 13.7. The van der Waals surface area contributed by atoms with Crippen molar-refractivity contribution in [3.05, 3.63) is 58.3 Å². The number of guanidine groups is 1. The largest absolute Gasteiger partial charge is 0.375 e. The second-order valence-corrected chi connectivity index (χ2v) is 5.77. The Kier molecular flexibility index (Phi) is 7.49. The molecule has 0 aliphatic carbocycles. The molecule has 118 valence electrons. The van der Waals surface area contributed by atoms with Crippen LogP contribution in [0, 0.1) is 0 Å². The van der Waals surface area contributed by atoms with Gasteiger partial charge >= 0.3 is 0 Å². The van der Waals surface area contributed by atoms with Crippen molar-refractivity contribution in [1.82, 2.24) is 10.6 Å². The Balaban J connectivity index is 1.66. The second-order valence-electron chi connectivity index (χ2n) is 4.74. The van der Waals surface area contributed by atoms with Crippen LogP contribution in [0.25, 0.3) is 0 Å². The minimum Gasteiger partial charge on any atom is -0.375 e. The smallest absolute Gasteiger partial charge is 0.191 e. The molecule has 1 aromatic carbocycles. The Bertz CT molecular complexity index is 540. The fraction of sp³-hybridized carbons (Fsp3) is 0.353. The van der Waals surface area contributed by atoms with E-state index in [4.69, 9.17) is 4.74 Å². The molecule has 2 N–H and O–H groups in total. The molecule has 0 unspecified atom stereocenters. The summed E-state index contributed by atoms with van der Waals surface area (Å²) in [6, 6.07) is 14.3. The summed E-state index contributed by atoms with van der Waals surface area (Å²) in [6.07, 6.45) is 0. The van der Waals surface area contributed by atoms with E-state index in [9.17, 15) is 0 Å². The zero-order valence-electron chi connectivity index (χ0n) is 12.9. The minimum atomic E-state index is 0.644. The molecule has 0 aliphatic rings. The lowest BCUT2D eigenvalue weighted by Gasteiger charge is -2.11. The average Bonchev–Trinajstić information content (AvgIpc) is 3.06. The maximum absolute atomic E-state index is 5.66. The van der Waals surface area contributed by atoms with Crippen molar-refractivity contribution in [2.75, 3.05) is 19.7 Å². The first-order valence-corrected chi connectivity index (χ1v) is 8.42. The molecule has 0 amide bonds. The molecule has 0 saturated heterocycles. The lowest BCUT2D eigenvalue weighted by molar-refractivity contribution is 0.125. The molecule has 0 bridgehead atoms. The van der Waals surface area contributed by atoms with Crippen molar-refractivity contribution in [3.8, 4) is 0 Å². The van der Waals surface area contributed by atoms with Crippen molar-refractivity contribution in [2.45, 2.75) is 20.1 Å². The van der Waals surface area contributed by atoms with Crippen LogP contribution in [0.15, 0.2) is 52.8 Å². The average molecular weight is 317 g/mol. The van der Waals surface area contributed by atoms with Crippen molar-refractivity contribution < 1.29 is 4.74 Å². The van der Waals surface area contributed by atoms with Crippen LogP contribution in [0.5, 0.6) is 0 Å². The quantitative estimate of drug-likeness (QED) is 0.447.